The number of rotatable bonds is 5. The van der Waals surface area contributed by atoms with Crippen molar-refractivity contribution in [2.24, 2.45) is 0 Å². The van der Waals surface area contributed by atoms with Gasteiger partial charge in [0, 0.05) is 39.1 Å². The van der Waals surface area contributed by atoms with Crippen LogP contribution < -0.4 is 4.90 Å². The number of nitriles is 2. The van der Waals surface area contributed by atoms with Gasteiger partial charge in [-0.2, -0.15) is 10.5 Å². The van der Waals surface area contributed by atoms with E-state index in [-0.39, 0.29) is 0 Å². The van der Waals surface area contributed by atoms with Crippen LogP contribution >= 0.6 is 0 Å². The smallest absolute Gasteiger partial charge is 0.0998 e. The molecule has 0 spiro atoms. The highest BCUT2D eigenvalue weighted by atomic mass is 15.1. The van der Waals surface area contributed by atoms with E-state index in [1.807, 2.05) is 36.4 Å². The molecule has 1 aromatic heterocycles. The average Bonchev–Trinajstić information content (AvgIpc) is 3.39. The summed E-state index contributed by atoms with van der Waals surface area (Å²) in [5, 5.41) is 21.9. The van der Waals surface area contributed by atoms with E-state index in [0.717, 1.165) is 50.1 Å². The molecule has 42 heavy (non-hydrogen) atoms. The van der Waals surface area contributed by atoms with E-state index in [9.17, 15) is 10.5 Å². The molecule has 0 aliphatic rings. The Morgan fingerprint density at radius 1 is 0.476 bits per heavy atom. The van der Waals surface area contributed by atoms with Crippen molar-refractivity contribution in [1.82, 2.24) is 4.57 Å². The van der Waals surface area contributed by atoms with Crippen LogP contribution in [0.5, 0.6) is 0 Å². The summed E-state index contributed by atoms with van der Waals surface area (Å²) >= 11 is 0. The molecule has 0 aliphatic carbocycles. The van der Waals surface area contributed by atoms with Crippen LogP contribution in [0.3, 0.4) is 0 Å². The second kappa shape index (κ2) is 10.5. The summed E-state index contributed by atoms with van der Waals surface area (Å²) in [7, 11) is 0. The molecule has 0 amide bonds. The molecule has 4 heteroatoms. The largest absolute Gasteiger partial charge is 0.310 e. The van der Waals surface area contributed by atoms with E-state index in [1.54, 1.807) is 18.2 Å². The monoisotopic (exact) mass is 536 g/mol. The van der Waals surface area contributed by atoms with Crippen molar-refractivity contribution in [3.63, 3.8) is 0 Å². The van der Waals surface area contributed by atoms with Crippen LogP contribution in [0.1, 0.15) is 11.1 Å². The summed E-state index contributed by atoms with van der Waals surface area (Å²) in [6.45, 7) is 0. The first-order valence-electron chi connectivity index (χ1n) is 13.7. The molecule has 0 bridgehead atoms. The first-order chi connectivity index (χ1) is 20.8. The zero-order valence-electron chi connectivity index (χ0n) is 22.6. The molecule has 196 valence electrons. The number of anilines is 3. The molecule has 0 unspecified atom stereocenters. The summed E-state index contributed by atoms with van der Waals surface area (Å²) in [6.07, 6.45) is 0. The molecular formula is C38H24N4. The minimum absolute atomic E-state index is 0.486. The van der Waals surface area contributed by atoms with E-state index < -0.39 is 0 Å². The van der Waals surface area contributed by atoms with Crippen LogP contribution in [0, 0.1) is 22.7 Å². The molecule has 0 radical (unpaired) electrons. The highest BCUT2D eigenvalue weighted by Gasteiger charge is 2.19. The Bertz CT molecular complexity index is 2080. The van der Waals surface area contributed by atoms with Gasteiger partial charge in [-0.05, 0) is 84.4 Å². The van der Waals surface area contributed by atoms with Gasteiger partial charge in [0.2, 0.25) is 0 Å². The Kier molecular flexibility index (Phi) is 6.21. The van der Waals surface area contributed by atoms with Gasteiger partial charge in [0.1, 0.15) is 0 Å². The molecule has 0 aliphatic heterocycles. The summed E-state index contributed by atoms with van der Waals surface area (Å²) in [5.41, 5.74) is 8.84. The zero-order chi connectivity index (χ0) is 28.5. The highest BCUT2D eigenvalue weighted by Crippen LogP contribution is 2.41. The molecule has 0 fully saturated rings. The Balaban J connectivity index is 1.53. The lowest BCUT2D eigenvalue weighted by molar-refractivity contribution is 1.18. The Morgan fingerprint density at radius 3 is 1.57 bits per heavy atom. The van der Waals surface area contributed by atoms with Crippen molar-refractivity contribution >= 4 is 38.9 Å². The van der Waals surface area contributed by atoms with Crippen molar-refractivity contribution in [3.05, 3.63) is 157 Å². The first-order valence-corrected chi connectivity index (χ1v) is 13.7. The highest BCUT2D eigenvalue weighted by molar-refractivity contribution is 6.12. The fraction of sp³-hybridized carbons (Fsp3) is 0. The van der Waals surface area contributed by atoms with Gasteiger partial charge in [-0.25, -0.2) is 0 Å². The quantitative estimate of drug-likeness (QED) is 0.220. The van der Waals surface area contributed by atoms with E-state index in [2.05, 4.69) is 113 Å². The minimum Gasteiger partial charge on any atom is -0.310 e. The lowest BCUT2D eigenvalue weighted by Gasteiger charge is -2.25. The van der Waals surface area contributed by atoms with Crippen molar-refractivity contribution in [1.29, 1.82) is 10.5 Å². The second-order valence-electron chi connectivity index (χ2n) is 10.1. The molecule has 7 aromatic rings. The average molecular weight is 537 g/mol. The first kappa shape index (κ1) is 24.9. The Morgan fingerprint density at radius 2 is 1.00 bits per heavy atom. The number of nitrogens with zero attached hydrogens (tertiary/aromatic N) is 4. The SMILES string of the molecule is N#Cc1cccc(C#N)c1-c1ccc2c(c1)c1cc(N(c3ccccc3)c3ccccc3)ccc1n2-c1ccccc1. The predicted octanol–water partition coefficient (Wildman–Crippen LogP) is 9.66. The van der Waals surface area contributed by atoms with Crippen LogP contribution in [0.25, 0.3) is 38.6 Å². The van der Waals surface area contributed by atoms with Crippen molar-refractivity contribution in [2.75, 3.05) is 4.90 Å². The molecular weight excluding hydrogens is 512 g/mol. The number of hydrogen-bond acceptors (Lipinski definition) is 3. The van der Waals surface area contributed by atoms with Crippen LogP contribution in [0.4, 0.5) is 17.1 Å². The Hall–Kier alpha value is -6.10. The topological polar surface area (TPSA) is 55.8 Å². The number of benzene rings is 6. The molecule has 6 aromatic carbocycles. The van der Waals surface area contributed by atoms with Gasteiger partial charge < -0.3 is 9.47 Å². The maximum atomic E-state index is 9.88. The number of para-hydroxylation sites is 3. The third-order valence-corrected chi connectivity index (χ3v) is 7.64. The predicted molar refractivity (Wildman–Crippen MR) is 170 cm³/mol. The van der Waals surface area contributed by atoms with E-state index >= 15 is 0 Å². The van der Waals surface area contributed by atoms with Gasteiger partial charge in [0.05, 0.1) is 34.3 Å². The van der Waals surface area contributed by atoms with Crippen molar-refractivity contribution in [2.45, 2.75) is 0 Å². The maximum Gasteiger partial charge on any atom is 0.0998 e. The standard InChI is InChI=1S/C38H24N4/c39-25-28-11-10-12-29(26-40)38(28)27-19-21-36-34(23-27)35-24-33(20-22-37(35)42(36)32-17-8-3-9-18-32)41(30-13-4-1-5-14-30)31-15-6-2-7-16-31/h1-24H. The van der Waals surface area contributed by atoms with Gasteiger partial charge in [0.15, 0.2) is 0 Å². The molecule has 0 saturated carbocycles. The third kappa shape index (κ3) is 4.16. The second-order valence-corrected chi connectivity index (χ2v) is 10.1. The van der Waals surface area contributed by atoms with Crippen LogP contribution in [-0.4, -0.2) is 4.57 Å². The van der Waals surface area contributed by atoms with Gasteiger partial charge >= 0.3 is 0 Å². The molecule has 7 rings (SSSR count). The van der Waals surface area contributed by atoms with Gasteiger partial charge in [-0.3, -0.25) is 0 Å². The van der Waals surface area contributed by atoms with Crippen molar-refractivity contribution < 1.29 is 0 Å². The van der Waals surface area contributed by atoms with Crippen LogP contribution in [0.15, 0.2) is 146 Å². The molecule has 4 nitrogen and oxygen atoms in total. The number of hydrogen-bond donors (Lipinski definition) is 0. The van der Waals surface area contributed by atoms with E-state index in [4.69, 9.17) is 0 Å². The fourth-order valence-corrected chi connectivity index (χ4v) is 5.81. The minimum atomic E-state index is 0.486. The summed E-state index contributed by atoms with van der Waals surface area (Å²) in [6, 6.07) is 53.7. The summed E-state index contributed by atoms with van der Waals surface area (Å²) in [4.78, 5) is 2.26. The van der Waals surface area contributed by atoms with Crippen LogP contribution in [0.2, 0.25) is 0 Å². The maximum absolute atomic E-state index is 9.88. The lowest BCUT2D eigenvalue weighted by atomic mass is 9.94. The van der Waals surface area contributed by atoms with Crippen molar-refractivity contribution in [3.8, 4) is 29.0 Å². The zero-order valence-corrected chi connectivity index (χ0v) is 22.6. The van der Waals surface area contributed by atoms with Gasteiger partial charge in [0.25, 0.3) is 0 Å². The number of fused-ring (bicyclic) bond motifs is 3. The van der Waals surface area contributed by atoms with Gasteiger partial charge in [-0.1, -0.05) is 66.7 Å². The molecule has 0 N–H and O–H groups in total. The summed E-state index contributed by atoms with van der Waals surface area (Å²) in [5.74, 6) is 0. The van der Waals surface area contributed by atoms with E-state index in [1.165, 1.54) is 0 Å². The molecule has 0 atom stereocenters. The normalized spacial score (nSPS) is 10.8. The lowest BCUT2D eigenvalue weighted by Crippen LogP contribution is -2.09. The van der Waals surface area contributed by atoms with Gasteiger partial charge in [-0.15, -0.1) is 0 Å². The molecule has 0 saturated heterocycles. The van der Waals surface area contributed by atoms with Crippen LogP contribution in [-0.2, 0) is 0 Å². The summed E-state index contributed by atoms with van der Waals surface area (Å²) < 4.78 is 2.27. The third-order valence-electron chi connectivity index (χ3n) is 7.64. The molecule has 1 heterocycles. The Labute approximate surface area is 244 Å². The van der Waals surface area contributed by atoms with E-state index in [0.29, 0.717) is 16.7 Å². The fourth-order valence-electron chi connectivity index (χ4n) is 5.81. The number of aromatic nitrogens is 1.